The summed E-state index contributed by atoms with van der Waals surface area (Å²) in [5.41, 5.74) is 5.18. The monoisotopic (exact) mass is 388 g/mol. The average Bonchev–Trinajstić information content (AvgIpc) is 2.54. The number of benzene rings is 1. The van der Waals surface area contributed by atoms with Crippen molar-refractivity contribution in [2.45, 2.75) is 103 Å². The Hall–Kier alpha value is -0.933. The zero-order valence-corrected chi connectivity index (χ0v) is 20.1. The van der Waals surface area contributed by atoms with Gasteiger partial charge in [-0.15, -0.1) is 0 Å². The van der Waals surface area contributed by atoms with E-state index in [0.717, 1.165) is 31.3 Å². The molecule has 1 aliphatic rings. The molecule has 1 aromatic rings. The summed E-state index contributed by atoms with van der Waals surface area (Å²) in [5.74, 6) is 0. The maximum absolute atomic E-state index is 11.8. The number of aryl methyl sites for hydroxylation is 1. The number of carbonyl (C=O) groups is 1. The van der Waals surface area contributed by atoms with Crippen molar-refractivity contribution in [3.05, 3.63) is 34.4 Å². The lowest BCUT2D eigenvalue weighted by molar-refractivity contribution is 0.112. The van der Waals surface area contributed by atoms with Gasteiger partial charge in [0, 0.05) is 12.2 Å². The summed E-state index contributed by atoms with van der Waals surface area (Å²) in [5, 5.41) is 0.238. The number of rotatable bonds is 6. The number of hydrogen-bond acceptors (Lipinski definition) is 2. The maximum Gasteiger partial charge on any atom is 0.191 e. The Labute approximate surface area is 168 Å². The lowest BCUT2D eigenvalue weighted by Gasteiger charge is -2.42. The van der Waals surface area contributed by atoms with Crippen LogP contribution in [0.5, 0.6) is 0 Å². The fourth-order valence-electron chi connectivity index (χ4n) is 3.81. The SMILES string of the molecule is CC1(C)CCC(C)(C)c2cc(CCCO[Si](C)(C)C(C)(C)C)c(C=O)cc21. The molecular formula is C24H40O2Si. The second-order valence-electron chi connectivity index (χ2n) is 11.2. The van der Waals surface area contributed by atoms with Crippen molar-refractivity contribution >= 4 is 14.6 Å². The normalized spacial score (nSPS) is 18.9. The van der Waals surface area contributed by atoms with Crippen LogP contribution in [-0.2, 0) is 21.7 Å². The summed E-state index contributed by atoms with van der Waals surface area (Å²) in [7, 11) is -1.70. The summed E-state index contributed by atoms with van der Waals surface area (Å²) in [6.07, 6.45) is 5.29. The first-order valence-corrected chi connectivity index (χ1v) is 13.4. The standard InChI is InChI=1S/C24H40O2Si/c1-22(2,3)27(8,9)26-14-10-11-18-15-20-21(16-19(18)17-25)24(6,7)13-12-23(20,4)5/h15-17H,10-14H2,1-9H3. The second-order valence-corrected chi connectivity index (χ2v) is 16.0. The van der Waals surface area contributed by atoms with Crippen molar-refractivity contribution in [3.63, 3.8) is 0 Å². The molecule has 0 radical (unpaired) electrons. The fraction of sp³-hybridized carbons (Fsp3) is 0.708. The van der Waals surface area contributed by atoms with Crippen LogP contribution in [-0.4, -0.2) is 21.2 Å². The molecule has 1 aliphatic carbocycles. The minimum atomic E-state index is -1.70. The largest absolute Gasteiger partial charge is 0.417 e. The number of aldehydes is 1. The Bertz CT molecular complexity index is 693. The third kappa shape index (κ3) is 4.74. The number of hydrogen-bond donors (Lipinski definition) is 0. The third-order valence-corrected chi connectivity index (χ3v) is 11.6. The average molecular weight is 389 g/mol. The first kappa shape index (κ1) is 22.4. The van der Waals surface area contributed by atoms with Crippen LogP contribution in [0.25, 0.3) is 0 Å². The van der Waals surface area contributed by atoms with Crippen LogP contribution in [0.2, 0.25) is 18.1 Å². The van der Waals surface area contributed by atoms with Gasteiger partial charge in [-0.3, -0.25) is 4.79 Å². The van der Waals surface area contributed by atoms with Crippen molar-refractivity contribution < 1.29 is 9.22 Å². The first-order chi connectivity index (χ1) is 12.2. The summed E-state index contributed by atoms with van der Waals surface area (Å²) >= 11 is 0. The van der Waals surface area contributed by atoms with E-state index in [1.807, 2.05) is 0 Å². The molecule has 0 unspecified atom stereocenters. The minimum Gasteiger partial charge on any atom is -0.417 e. The van der Waals surface area contributed by atoms with Crippen LogP contribution in [0, 0.1) is 0 Å². The Morgan fingerprint density at radius 2 is 1.56 bits per heavy atom. The molecule has 0 N–H and O–H groups in total. The van der Waals surface area contributed by atoms with Crippen LogP contribution >= 0.6 is 0 Å². The molecule has 152 valence electrons. The van der Waals surface area contributed by atoms with Gasteiger partial charge in [-0.2, -0.15) is 0 Å². The third-order valence-electron chi connectivity index (χ3n) is 7.10. The highest BCUT2D eigenvalue weighted by atomic mass is 28.4. The van der Waals surface area contributed by atoms with Crippen molar-refractivity contribution in [3.8, 4) is 0 Å². The van der Waals surface area contributed by atoms with E-state index in [2.05, 4.69) is 73.7 Å². The van der Waals surface area contributed by atoms with Crippen LogP contribution in [0.4, 0.5) is 0 Å². The molecule has 2 nitrogen and oxygen atoms in total. The number of fused-ring (bicyclic) bond motifs is 1. The molecule has 0 fully saturated rings. The predicted octanol–water partition coefficient (Wildman–Crippen LogP) is 6.80. The Morgan fingerprint density at radius 3 is 2.04 bits per heavy atom. The highest BCUT2D eigenvalue weighted by Crippen LogP contribution is 2.46. The summed E-state index contributed by atoms with van der Waals surface area (Å²) < 4.78 is 6.33. The Kier molecular flexibility index (Phi) is 6.19. The van der Waals surface area contributed by atoms with Gasteiger partial charge < -0.3 is 4.43 Å². The van der Waals surface area contributed by atoms with Gasteiger partial charge in [0.1, 0.15) is 6.29 Å². The first-order valence-electron chi connectivity index (χ1n) is 10.5. The highest BCUT2D eigenvalue weighted by molar-refractivity contribution is 6.74. The molecule has 1 aromatic carbocycles. The topological polar surface area (TPSA) is 26.3 Å². The quantitative estimate of drug-likeness (QED) is 0.304. The zero-order chi connectivity index (χ0) is 20.7. The number of carbonyl (C=O) groups excluding carboxylic acids is 1. The highest BCUT2D eigenvalue weighted by Gasteiger charge is 2.38. The summed E-state index contributed by atoms with van der Waals surface area (Å²) in [6, 6.07) is 4.50. The van der Waals surface area contributed by atoms with Gasteiger partial charge in [0.25, 0.3) is 0 Å². The van der Waals surface area contributed by atoms with Crippen LogP contribution in [0.1, 0.15) is 94.8 Å². The van der Waals surface area contributed by atoms with E-state index < -0.39 is 8.32 Å². The van der Waals surface area contributed by atoms with E-state index in [9.17, 15) is 4.79 Å². The van der Waals surface area contributed by atoms with Gasteiger partial charge in [-0.05, 0) is 77.4 Å². The molecular weight excluding hydrogens is 348 g/mol. The molecule has 0 saturated heterocycles. The minimum absolute atomic E-state index is 0.145. The Balaban J connectivity index is 2.20. The van der Waals surface area contributed by atoms with Crippen molar-refractivity contribution in [2.75, 3.05) is 6.61 Å². The van der Waals surface area contributed by atoms with E-state index in [4.69, 9.17) is 4.43 Å². The van der Waals surface area contributed by atoms with Gasteiger partial charge in [0.05, 0.1) is 0 Å². The van der Waals surface area contributed by atoms with Crippen molar-refractivity contribution in [1.82, 2.24) is 0 Å². The van der Waals surface area contributed by atoms with Crippen LogP contribution in [0.3, 0.4) is 0 Å². The zero-order valence-electron chi connectivity index (χ0n) is 19.1. The molecule has 3 heteroatoms. The van der Waals surface area contributed by atoms with Crippen molar-refractivity contribution in [1.29, 1.82) is 0 Å². The molecule has 0 bridgehead atoms. The summed E-state index contributed by atoms with van der Waals surface area (Å²) in [6.45, 7) is 21.5. The van der Waals surface area contributed by atoms with Crippen LogP contribution in [0.15, 0.2) is 12.1 Å². The van der Waals surface area contributed by atoms with E-state index in [1.165, 1.54) is 29.5 Å². The van der Waals surface area contributed by atoms with Gasteiger partial charge in [-0.1, -0.05) is 54.5 Å². The van der Waals surface area contributed by atoms with E-state index >= 15 is 0 Å². The van der Waals surface area contributed by atoms with Gasteiger partial charge in [0.15, 0.2) is 8.32 Å². The molecule has 0 atom stereocenters. The lowest BCUT2D eigenvalue weighted by Crippen LogP contribution is -2.41. The molecule has 0 aromatic heterocycles. The molecule has 27 heavy (non-hydrogen) atoms. The molecule has 0 spiro atoms. The predicted molar refractivity (Wildman–Crippen MR) is 119 cm³/mol. The van der Waals surface area contributed by atoms with E-state index in [1.54, 1.807) is 0 Å². The maximum atomic E-state index is 11.8. The molecule has 0 aliphatic heterocycles. The van der Waals surface area contributed by atoms with Crippen LogP contribution < -0.4 is 0 Å². The molecule has 0 saturated carbocycles. The Morgan fingerprint density at radius 1 is 1.04 bits per heavy atom. The van der Waals surface area contributed by atoms with E-state index in [-0.39, 0.29) is 15.9 Å². The molecule has 0 amide bonds. The van der Waals surface area contributed by atoms with Gasteiger partial charge in [-0.25, -0.2) is 0 Å². The van der Waals surface area contributed by atoms with E-state index in [0.29, 0.717) is 0 Å². The lowest BCUT2D eigenvalue weighted by atomic mass is 9.62. The molecule has 0 heterocycles. The van der Waals surface area contributed by atoms with Crippen molar-refractivity contribution in [2.24, 2.45) is 0 Å². The molecule has 2 rings (SSSR count). The van der Waals surface area contributed by atoms with Gasteiger partial charge in [0.2, 0.25) is 0 Å². The smallest absolute Gasteiger partial charge is 0.191 e. The fourth-order valence-corrected chi connectivity index (χ4v) is 4.90. The summed E-state index contributed by atoms with van der Waals surface area (Å²) in [4.78, 5) is 11.8. The van der Waals surface area contributed by atoms with Gasteiger partial charge >= 0.3 is 0 Å². The second kappa shape index (κ2) is 7.48.